The number of ketones is 1. The summed E-state index contributed by atoms with van der Waals surface area (Å²) in [5.74, 6) is 0.614. The minimum absolute atomic E-state index is 0.0175. The van der Waals surface area contributed by atoms with Crippen molar-refractivity contribution in [2.75, 3.05) is 18.9 Å². The fraction of sp³-hybridized carbons (Fsp3) is 0.345. The summed E-state index contributed by atoms with van der Waals surface area (Å²) >= 11 is 2.13. The van der Waals surface area contributed by atoms with Crippen LogP contribution in [0, 0.1) is 3.57 Å². The van der Waals surface area contributed by atoms with E-state index in [1.165, 1.54) is 9.13 Å². The molecule has 2 heterocycles. The zero-order chi connectivity index (χ0) is 29.5. The average Bonchev–Trinajstić information content (AvgIpc) is 3.40. The first-order chi connectivity index (χ1) is 19.7. The Labute approximate surface area is 250 Å². The molecule has 0 unspecified atom stereocenters. The number of nitrogen functional groups attached to an aromatic ring is 1. The topological polar surface area (TPSA) is 154 Å². The van der Waals surface area contributed by atoms with Gasteiger partial charge in [0.2, 0.25) is 0 Å². The zero-order valence-electron chi connectivity index (χ0n) is 23.0. The van der Waals surface area contributed by atoms with Crippen LogP contribution in [0.5, 0.6) is 5.75 Å². The molecule has 2 aromatic carbocycles. The van der Waals surface area contributed by atoms with Gasteiger partial charge in [-0.2, -0.15) is 0 Å². The summed E-state index contributed by atoms with van der Waals surface area (Å²) < 4.78 is 9.27. The molecular formula is C29H33IN6O5. The molecule has 4 aromatic rings. The second-order valence-corrected chi connectivity index (χ2v) is 10.8. The van der Waals surface area contributed by atoms with Crippen LogP contribution in [0.2, 0.25) is 0 Å². The summed E-state index contributed by atoms with van der Waals surface area (Å²) in [6.45, 7) is 4.69. The molecule has 4 N–H and O–H groups in total. The van der Waals surface area contributed by atoms with Crippen LogP contribution in [0.15, 0.2) is 52.1 Å². The Kier molecular flexibility index (Phi) is 9.97. The molecule has 0 fully saturated rings. The van der Waals surface area contributed by atoms with E-state index in [0.29, 0.717) is 53.5 Å². The van der Waals surface area contributed by atoms with Crippen LogP contribution in [-0.4, -0.2) is 43.9 Å². The van der Waals surface area contributed by atoms with Crippen LogP contribution in [0.1, 0.15) is 38.7 Å². The van der Waals surface area contributed by atoms with E-state index in [4.69, 9.17) is 10.5 Å². The standard InChI is InChI=1S/C29H33IN6O5/c1-3-13-35-27-25(28(39)36(14-4-2)29(35)40)33-26(34-27)19-6-8-21(9-7-19)41-17-24(38)32-12-11-20(37)15-18-5-10-23(31)22(30)16-18/h5-10,16H,3-4,11-15,17,31H2,1-2H3,(H,32,38)(H,33,34). The number of halogens is 1. The van der Waals surface area contributed by atoms with Gasteiger partial charge in [-0.1, -0.05) is 19.9 Å². The summed E-state index contributed by atoms with van der Waals surface area (Å²) in [6.07, 6.45) is 1.89. The van der Waals surface area contributed by atoms with E-state index >= 15 is 0 Å². The molecule has 216 valence electrons. The lowest BCUT2D eigenvalue weighted by Crippen LogP contribution is -2.40. The predicted molar refractivity (Wildman–Crippen MR) is 166 cm³/mol. The molecule has 0 radical (unpaired) electrons. The van der Waals surface area contributed by atoms with Gasteiger partial charge >= 0.3 is 5.69 Å². The molecule has 0 saturated heterocycles. The van der Waals surface area contributed by atoms with Crippen molar-refractivity contribution in [3.05, 3.63) is 72.4 Å². The number of carbonyl (C=O) groups is 2. The van der Waals surface area contributed by atoms with E-state index < -0.39 is 0 Å². The maximum atomic E-state index is 13.0. The largest absolute Gasteiger partial charge is 0.484 e. The number of aromatic amines is 1. The Morgan fingerprint density at radius 1 is 1.05 bits per heavy atom. The molecular weight excluding hydrogens is 639 g/mol. The lowest BCUT2D eigenvalue weighted by Gasteiger charge is -2.09. The number of nitrogens with two attached hydrogens (primary N) is 1. The number of benzene rings is 2. The van der Waals surface area contributed by atoms with Gasteiger partial charge in [-0.3, -0.25) is 23.5 Å². The quantitative estimate of drug-likeness (QED) is 0.146. The number of ether oxygens (including phenoxy) is 1. The molecule has 0 aliphatic rings. The monoisotopic (exact) mass is 672 g/mol. The fourth-order valence-electron chi connectivity index (χ4n) is 4.40. The number of hydrogen-bond acceptors (Lipinski definition) is 7. The number of nitrogens with one attached hydrogen (secondary N) is 2. The zero-order valence-corrected chi connectivity index (χ0v) is 25.2. The number of carbonyl (C=O) groups excluding carboxylic acids is 2. The van der Waals surface area contributed by atoms with Crippen molar-refractivity contribution < 1.29 is 14.3 Å². The Morgan fingerprint density at radius 3 is 2.44 bits per heavy atom. The summed E-state index contributed by atoms with van der Waals surface area (Å²) in [5.41, 5.74) is 7.96. The first-order valence-corrected chi connectivity index (χ1v) is 14.6. The van der Waals surface area contributed by atoms with Gasteiger partial charge in [-0.25, -0.2) is 9.78 Å². The van der Waals surface area contributed by atoms with E-state index in [0.717, 1.165) is 15.6 Å². The third-order valence-electron chi connectivity index (χ3n) is 6.45. The summed E-state index contributed by atoms with van der Waals surface area (Å²) in [4.78, 5) is 58.0. The fourth-order valence-corrected chi connectivity index (χ4v) is 4.98. The molecule has 1 amide bonds. The van der Waals surface area contributed by atoms with Crippen molar-refractivity contribution in [2.24, 2.45) is 0 Å². The van der Waals surface area contributed by atoms with E-state index in [1.807, 2.05) is 26.0 Å². The molecule has 2 aromatic heterocycles. The van der Waals surface area contributed by atoms with E-state index in [9.17, 15) is 19.2 Å². The van der Waals surface area contributed by atoms with Crippen LogP contribution < -0.4 is 27.0 Å². The third kappa shape index (κ3) is 7.23. The van der Waals surface area contributed by atoms with E-state index in [-0.39, 0.29) is 48.9 Å². The van der Waals surface area contributed by atoms with Gasteiger partial charge in [-0.05, 0) is 77.4 Å². The minimum atomic E-state index is -0.384. The molecule has 41 heavy (non-hydrogen) atoms. The summed E-state index contributed by atoms with van der Waals surface area (Å²) in [5, 5.41) is 2.70. The van der Waals surface area contributed by atoms with Crippen LogP contribution in [0.4, 0.5) is 5.69 Å². The number of fused-ring (bicyclic) bond motifs is 1. The van der Waals surface area contributed by atoms with Crippen molar-refractivity contribution in [2.45, 2.75) is 52.6 Å². The van der Waals surface area contributed by atoms with Gasteiger partial charge in [0.1, 0.15) is 22.9 Å². The highest BCUT2D eigenvalue weighted by atomic mass is 127. The number of rotatable bonds is 13. The highest BCUT2D eigenvalue weighted by Gasteiger charge is 2.17. The highest BCUT2D eigenvalue weighted by molar-refractivity contribution is 14.1. The number of aromatic nitrogens is 4. The SMILES string of the molecule is CCCn1c(=O)c2[nH]c(-c3ccc(OCC(=O)NCCC(=O)Cc4ccc(N)c(I)c4)cc3)nc2n(CCC)c1=O. The number of aryl methyl sites for hydroxylation is 1. The van der Waals surface area contributed by atoms with Gasteiger partial charge in [0.25, 0.3) is 11.5 Å². The average molecular weight is 673 g/mol. The molecule has 0 spiro atoms. The molecule has 0 atom stereocenters. The number of Topliss-reactive ketones (excluding diaryl/α,β-unsaturated/α-hetero) is 1. The van der Waals surface area contributed by atoms with E-state index in [1.54, 1.807) is 30.3 Å². The smallest absolute Gasteiger partial charge is 0.332 e. The summed E-state index contributed by atoms with van der Waals surface area (Å²) in [7, 11) is 0. The van der Waals surface area contributed by atoms with Crippen molar-refractivity contribution >= 4 is 51.1 Å². The lowest BCUT2D eigenvalue weighted by molar-refractivity contribution is -0.123. The summed E-state index contributed by atoms with van der Waals surface area (Å²) in [6, 6.07) is 12.4. The molecule has 0 saturated carbocycles. The Morgan fingerprint density at radius 2 is 1.76 bits per heavy atom. The van der Waals surface area contributed by atoms with Crippen molar-refractivity contribution in [3.63, 3.8) is 0 Å². The van der Waals surface area contributed by atoms with Gasteiger partial charge in [0.15, 0.2) is 12.3 Å². The lowest BCUT2D eigenvalue weighted by atomic mass is 10.1. The van der Waals surface area contributed by atoms with Gasteiger partial charge in [0.05, 0.1) is 0 Å². The van der Waals surface area contributed by atoms with Crippen LogP contribution in [-0.2, 0) is 29.1 Å². The molecule has 12 heteroatoms. The maximum Gasteiger partial charge on any atom is 0.332 e. The maximum absolute atomic E-state index is 13.0. The first-order valence-electron chi connectivity index (χ1n) is 13.5. The first kappa shape index (κ1) is 30.0. The Hall–Kier alpha value is -3.94. The van der Waals surface area contributed by atoms with E-state index in [2.05, 4.69) is 37.9 Å². The van der Waals surface area contributed by atoms with Crippen LogP contribution >= 0.6 is 22.6 Å². The van der Waals surface area contributed by atoms with Crippen molar-refractivity contribution in [1.29, 1.82) is 0 Å². The number of amides is 1. The second kappa shape index (κ2) is 13.6. The highest BCUT2D eigenvalue weighted by Crippen LogP contribution is 2.22. The minimum Gasteiger partial charge on any atom is -0.484 e. The second-order valence-electron chi connectivity index (χ2n) is 9.66. The molecule has 0 aliphatic carbocycles. The Balaban J connectivity index is 1.33. The van der Waals surface area contributed by atoms with Crippen molar-refractivity contribution in [1.82, 2.24) is 24.4 Å². The normalized spacial score (nSPS) is 11.1. The number of imidazole rings is 1. The molecule has 11 nitrogen and oxygen atoms in total. The van der Waals surface area contributed by atoms with Crippen LogP contribution in [0.25, 0.3) is 22.6 Å². The van der Waals surface area contributed by atoms with Gasteiger partial charge < -0.3 is 20.8 Å². The van der Waals surface area contributed by atoms with Gasteiger partial charge in [-0.15, -0.1) is 0 Å². The Bertz CT molecular complexity index is 1670. The number of hydrogen-bond donors (Lipinski definition) is 3. The van der Waals surface area contributed by atoms with Gasteiger partial charge in [0, 0.05) is 47.3 Å². The number of nitrogens with zero attached hydrogens (tertiary/aromatic N) is 3. The molecule has 4 rings (SSSR count). The molecule has 0 aliphatic heterocycles. The number of anilines is 1. The van der Waals surface area contributed by atoms with Crippen molar-refractivity contribution in [3.8, 4) is 17.1 Å². The third-order valence-corrected chi connectivity index (χ3v) is 7.38. The predicted octanol–water partition coefficient (Wildman–Crippen LogP) is 3.26. The number of H-pyrrole nitrogens is 1. The molecule has 0 bridgehead atoms. The van der Waals surface area contributed by atoms with Crippen LogP contribution in [0.3, 0.4) is 0 Å².